The zero-order valence-corrected chi connectivity index (χ0v) is 35.3. The van der Waals surface area contributed by atoms with Crippen LogP contribution >= 0.6 is 57.3 Å². The topological polar surface area (TPSA) is 194 Å². The summed E-state index contributed by atoms with van der Waals surface area (Å²) in [6, 6.07) is 5.65. The molecule has 5 N–H and O–H groups in total. The van der Waals surface area contributed by atoms with Crippen LogP contribution in [0.3, 0.4) is 0 Å². The highest BCUT2D eigenvalue weighted by molar-refractivity contribution is 8.76. The first-order valence-corrected chi connectivity index (χ1v) is 22.1. The number of thioether (sulfide) groups is 2. The molecule has 0 saturated carbocycles. The third kappa shape index (κ3) is 12.9. The van der Waals surface area contributed by atoms with Gasteiger partial charge in [0, 0.05) is 29.5 Å². The minimum Gasteiger partial charge on any atom is -0.465 e. The Kier molecular flexibility index (Phi) is 18.6. The number of hydrogen-bond donors (Lipinski definition) is 5. The lowest BCUT2D eigenvalue weighted by Crippen LogP contribution is -2.58. The van der Waals surface area contributed by atoms with E-state index in [9.17, 15) is 35.1 Å². The van der Waals surface area contributed by atoms with Gasteiger partial charge in [-0.3, -0.25) is 9.59 Å². The smallest absolute Gasteiger partial charge is 0.313 e. The Bertz CT molecular complexity index is 1330. The molecule has 2 aliphatic rings. The van der Waals surface area contributed by atoms with Gasteiger partial charge in [0.2, 0.25) is 6.29 Å². The molecule has 2 fully saturated rings. The van der Waals surface area contributed by atoms with E-state index in [1.165, 1.54) is 45.1 Å². The van der Waals surface area contributed by atoms with Crippen molar-refractivity contribution in [3.8, 4) is 0 Å². The largest absolute Gasteiger partial charge is 0.465 e. The lowest BCUT2D eigenvalue weighted by atomic mass is 9.63. The normalized spacial score (nSPS) is 28.5. The van der Waals surface area contributed by atoms with Crippen molar-refractivity contribution in [1.29, 1.82) is 0 Å². The SMILES string of the molecule is CCSC(=S)SC(C)(C)C(C)(CC(C)(C)C(C)C(=O)OCCSSc1ccccn1)C(=O)OC1C(O)CC(CO)OC1OC1CC(O)C(O)C(CO)O1. The molecular formula is C35H55NO12S5. The Morgan fingerprint density at radius 2 is 1.77 bits per heavy atom. The summed E-state index contributed by atoms with van der Waals surface area (Å²) >= 11 is 8.49. The molecule has 10 unspecified atom stereocenters. The van der Waals surface area contributed by atoms with Crippen molar-refractivity contribution in [2.45, 2.75) is 127 Å². The fraction of sp³-hybridized carbons (Fsp3) is 0.771. The maximum atomic E-state index is 14.7. The van der Waals surface area contributed by atoms with Gasteiger partial charge in [0.15, 0.2) is 12.4 Å². The number of pyridine rings is 1. The van der Waals surface area contributed by atoms with Crippen molar-refractivity contribution < 1.29 is 58.8 Å². The second-order valence-corrected chi connectivity index (χ2v) is 21.0. The number of nitrogens with zero attached hydrogens (tertiary/aromatic N) is 1. The van der Waals surface area contributed by atoms with E-state index in [1.54, 1.807) is 20.0 Å². The number of carbonyl (C=O) groups excluding carboxylic acids is 2. The molecule has 302 valence electrons. The number of aromatic nitrogens is 1. The monoisotopic (exact) mass is 841 g/mol. The van der Waals surface area contributed by atoms with Crippen LogP contribution in [0.4, 0.5) is 0 Å². The van der Waals surface area contributed by atoms with Crippen LogP contribution in [0.15, 0.2) is 29.4 Å². The molecule has 1 aromatic heterocycles. The predicted octanol–water partition coefficient (Wildman–Crippen LogP) is 4.20. The van der Waals surface area contributed by atoms with Gasteiger partial charge in [0.1, 0.15) is 27.4 Å². The fourth-order valence-electron chi connectivity index (χ4n) is 6.01. The Morgan fingerprint density at radius 1 is 1.06 bits per heavy atom. The molecular weight excluding hydrogens is 787 g/mol. The van der Waals surface area contributed by atoms with Crippen molar-refractivity contribution in [2.75, 3.05) is 31.3 Å². The standard InChI is InChI=1S/C35H55NO12S5/c1-8-50-32(49)52-34(5,6)35(7,19-33(3,4)20(2)29(42)44-13-14-51-53-25-11-9-10-12-36-25)31(43)48-28-23(40)15-21(17-37)45-30(28)47-26-16-22(39)27(41)24(18-38)46-26/h9-12,20-24,26-28,30,37-41H,8,13-19H2,1-7H3. The lowest BCUT2D eigenvalue weighted by molar-refractivity contribution is -0.347. The number of hydrogen-bond acceptors (Lipinski definition) is 18. The Balaban J connectivity index is 1.82. The van der Waals surface area contributed by atoms with Crippen molar-refractivity contribution in [2.24, 2.45) is 16.7 Å². The molecule has 53 heavy (non-hydrogen) atoms. The fourth-order valence-corrected chi connectivity index (χ4v) is 10.9. The van der Waals surface area contributed by atoms with Crippen molar-refractivity contribution in [3.63, 3.8) is 0 Å². The molecule has 2 aliphatic heterocycles. The number of thiocarbonyl (C=S) groups is 1. The van der Waals surface area contributed by atoms with Crippen LogP contribution in [0.2, 0.25) is 0 Å². The molecule has 0 aromatic carbocycles. The van der Waals surface area contributed by atoms with Gasteiger partial charge in [-0.05, 0) is 61.3 Å². The molecule has 1 aromatic rings. The number of carbonyl (C=O) groups is 2. The number of rotatable bonds is 18. The maximum absolute atomic E-state index is 14.7. The summed E-state index contributed by atoms with van der Waals surface area (Å²) in [6.07, 6.45) is -8.43. The first-order chi connectivity index (χ1) is 24.9. The summed E-state index contributed by atoms with van der Waals surface area (Å²) in [7, 11) is 3.02. The summed E-state index contributed by atoms with van der Waals surface area (Å²) in [5.41, 5.74) is -2.13. The van der Waals surface area contributed by atoms with Crippen LogP contribution in [-0.4, -0.2) is 131 Å². The Morgan fingerprint density at radius 3 is 2.40 bits per heavy atom. The van der Waals surface area contributed by atoms with Crippen LogP contribution in [0, 0.1) is 16.7 Å². The maximum Gasteiger partial charge on any atom is 0.313 e. The van der Waals surface area contributed by atoms with Gasteiger partial charge in [-0.25, -0.2) is 4.98 Å². The van der Waals surface area contributed by atoms with Crippen LogP contribution < -0.4 is 0 Å². The van der Waals surface area contributed by atoms with Gasteiger partial charge in [0.05, 0.1) is 42.9 Å². The van der Waals surface area contributed by atoms with Crippen LogP contribution in [-0.2, 0) is 33.3 Å². The van der Waals surface area contributed by atoms with E-state index in [2.05, 4.69) is 4.98 Å². The number of esters is 2. The second kappa shape index (κ2) is 21.1. The summed E-state index contributed by atoms with van der Waals surface area (Å²) in [5.74, 6) is -0.446. The van der Waals surface area contributed by atoms with E-state index >= 15 is 0 Å². The first kappa shape index (κ1) is 46.6. The van der Waals surface area contributed by atoms with Gasteiger partial charge in [-0.15, -0.1) is 23.5 Å². The molecule has 10 atom stereocenters. The molecule has 0 aliphatic carbocycles. The number of aliphatic hydroxyl groups is 5. The highest BCUT2D eigenvalue weighted by Gasteiger charge is 2.56. The molecule has 2 saturated heterocycles. The molecule has 0 bridgehead atoms. The summed E-state index contributed by atoms with van der Waals surface area (Å²) in [6.45, 7) is 12.2. The van der Waals surface area contributed by atoms with Gasteiger partial charge < -0.3 is 49.2 Å². The number of ether oxygens (including phenoxy) is 5. The second-order valence-electron chi connectivity index (χ2n) is 14.5. The lowest BCUT2D eigenvalue weighted by Gasteiger charge is -2.48. The number of aliphatic hydroxyl groups excluding tert-OH is 5. The molecule has 0 spiro atoms. The van der Waals surface area contributed by atoms with E-state index in [1.807, 2.05) is 52.8 Å². The average molecular weight is 842 g/mol. The van der Waals surface area contributed by atoms with Gasteiger partial charge in [0.25, 0.3) is 0 Å². The predicted molar refractivity (Wildman–Crippen MR) is 211 cm³/mol. The minimum absolute atomic E-state index is 0.0699. The first-order valence-electron chi connectivity index (χ1n) is 17.5. The van der Waals surface area contributed by atoms with Gasteiger partial charge in [-0.2, -0.15) is 0 Å². The molecule has 0 radical (unpaired) electrons. The van der Waals surface area contributed by atoms with Gasteiger partial charge in [-0.1, -0.05) is 56.8 Å². The highest BCUT2D eigenvalue weighted by atomic mass is 33.1. The van der Waals surface area contributed by atoms with Crippen LogP contribution in [0.1, 0.15) is 67.7 Å². The van der Waals surface area contributed by atoms with E-state index < -0.39 is 95.9 Å². The van der Waals surface area contributed by atoms with E-state index in [4.69, 9.17) is 35.9 Å². The molecule has 3 rings (SSSR count). The third-order valence-corrected chi connectivity index (χ3v) is 14.9. The summed E-state index contributed by atoms with van der Waals surface area (Å²) in [5, 5.41) is 52.2. The molecule has 0 amide bonds. The van der Waals surface area contributed by atoms with E-state index in [0.717, 1.165) is 10.8 Å². The summed E-state index contributed by atoms with van der Waals surface area (Å²) < 4.78 is 29.0. The molecule has 3 heterocycles. The van der Waals surface area contributed by atoms with Crippen LogP contribution in [0.25, 0.3) is 0 Å². The third-order valence-electron chi connectivity index (χ3n) is 9.83. The van der Waals surface area contributed by atoms with Gasteiger partial charge >= 0.3 is 11.9 Å². The molecule has 13 nitrogen and oxygen atoms in total. The average Bonchev–Trinajstić information content (AvgIpc) is 3.10. The highest BCUT2D eigenvalue weighted by Crippen LogP contribution is 2.53. The summed E-state index contributed by atoms with van der Waals surface area (Å²) in [4.78, 5) is 32.3. The van der Waals surface area contributed by atoms with Crippen molar-refractivity contribution in [1.82, 2.24) is 4.98 Å². The van der Waals surface area contributed by atoms with E-state index in [-0.39, 0.29) is 25.9 Å². The zero-order valence-electron chi connectivity index (χ0n) is 31.2. The van der Waals surface area contributed by atoms with Crippen molar-refractivity contribution in [3.05, 3.63) is 24.4 Å². The Hall–Kier alpha value is -0.740. The quantitative estimate of drug-likeness (QED) is 0.0611. The molecule has 18 heteroatoms. The van der Waals surface area contributed by atoms with Crippen LogP contribution in [0.5, 0.6) is 0 Å². The Labute approximate surface area is 334 Å². The zero-order chi connectivity index (χ0) is 39.6. The minimum atomic E-state index is -1.45. The van der Waals surface area contributed by atoms with Crippen molar-refractivity contribution >= 4 is 72.8 Å². The van der Waals surface area contributed by atoms with E-state index in [0.29, 0.717) is 9.28 Å².